The predicted octanol–water partition coefficient (Wildman–Crippen LogP) is 3.03. The fraction of sp³-hybridized carbons (Fsp3) is 0.185. The summed E-state index contributed by atoms with van der Waals surface area (Å²) in [6, 6.07) is 22.3. The second kappa shape index (κ2) is 10.6. The zero-order chi connectivity index (χ0) is 25.1. The number of carbonyl (C=O) groups excluding carboxylic acids is 4. The van der Waals surface area contributed by atoms with Crippen LogP contribution in [0.2, 0.25) is 0 Å². The molecule has 7 nitrogen and oxygen atoms in total. The fourth-order valence-electron chi connectivity index (χ4n) is 4.53. The van der Waals surface area contributed by atoms with E-state index in [1.165, 1.54) is 0 Å². The Morgan fingerprint density at radius 3 is 2.61 bits per heavy atom. The van der Waals surface area contributed by atoms with Gasteiger partial charge in [0.25, 0.3) is 5.91 Å². The Balaban J connectivity index is 1.17. The van der Waals surface area contributed by atoms with Crippen LogP contribution in [-0.2, 0) is 22.3 Å². The maximum Gasteiger partial charge on any atom is 0.255 e. The van der Waals surface area contributed by atoms with Gasteiger partial charge in [-0.25, -0.2) is 0 Å². The molecule has 5 rings (SSSR count). The van der Waals surface area contributed by atoms with Gasteiger partial charge >= 0.3 is 0 Å². The van der Waals surface area contributed by atoms with Crippen LogP contribution in [0, 0.1) is 0 Å². The van der Waals surface area contributed by atoms with Crippen molar-refractivity contribution in [2.45, 2.75) is 31.6 Å². The van der Waals surface area contributed by atoms with Crippen LogP contribution in [0.25, 0.3) is 0 Å². The summed E-state index contributed by atoms with van der Waals surface area (Å²) in [5, 5.41) is 3.65. The molecule has 36 heavy (non-hydrogen) atoms. The molecule has 3 aromatic carbocycles. The highest BCUT2D eigenvalue weighted by molar-refractivity contribution is 7.64. The van der Waals surface area contributed by atoms with Crippen molar-refractivity contribution >= 4 is 46.2 Å². The van der Waals surface area contributed by atoms with E-state index in [9.17, 15) is 19.2 Å². The average Bonchev–Trinajstić information content (AvgIpc) is 3.19. The molecule has 1 fully saturated rings. The van der Waals surface area contributed by atoms with E-state index in [0.717, 1.165) is 27.8 Å². The highest BCUT2D eigenvalue weighted by Gasteiger charge is 2.39. The minimum absolute atomic E-state index is 0.161. The Morgan fingerprint density at radius 2 is 1.81 bits per heavy atom. The number of piperidine rings is 1. The Labute approximate surface area is 212 Å². The van der Waals surface area contributed by atoms with Gasteiger partial charge in [-0.1, -0.05) is 56.2 Å². The van der Waals surface area contributed by atoms with Gasteiger partial charge in [-0.05, 0) is 54.0 Å². The highest BCUT2D eigenvalue weighted by atomic mass is 31.1. The molecule has 0 aromatic heterocycles. The molecule has 0 radical (unpaired) electrons. The largest absolute Gasteiger partial charge is 0.457 e. The molecule has 2 aliphatic rings. The standard InChI is InChI=1S/C27H25N2O5PSi/c30-24-12-11-23(25(31)28-24)29-15-18-13-17(9-10-22(18)26(29)32)16-35-27(33)36-21-8-4-7-20(14-21)34-19-5-2-1-3-6-19/h1-10,13-14,23,35H,11-12,15-16,36H2,(H,28,30,31). The van der Waals surface area contributed by atoms with E-state index in [1.54, 1.807) is 11.0 Å². The first-order valence-corrected chi connectivity index (χ1v) is 14.4. The molecule has 3 aromatic rings. The zero-order valence-corrected chi connectivity index (χ0v) is 21.9. The second-order valence-corrected chi connectivity index (χ2v) is 12.7. The topological polar surface area (TPSA) is 92.8 Å². The molecule has 0 bridgehead atoms. The van der Waals surface area contributed by atoms with Crippen LogP contribution in [0.5, 0.6) is 11.5 Å². The average molecular weight is 517 g/mol. The van der Waals surface area contributed by atoms with Crippen LogP contribution >= 0.6 is 8.58 Å². The van der Waals surface area contributed by atoms with Crippen LogP contribution in [0.1, 0.15) is 34.3 Å². The Morgan fingerprint density at radius 1 is 1.00 bits per heavy atom. The normalized spacial score (nSPS) is 17.7. The maximum absolute atomic E-state index is 12.9. The highest BCUT2D eigenvalue weighted by Crippen LogP contribution is 2.30. The molecule has 182 valence electrons. The summed E-state index contributed by atoms with van der Waals surface area (Å²) in [5.41, 5.74) is 2.46. The molecule has 2 heterocycles. The molecule has 2 aliphatic heterocycles. The minimum atomic E-state index is -1.11. The summed E-state index contributed by atoms with van der Waals surface area (Å²) in [6.07, 6.45) is 1.21. The lowest BCUT2D eigenvalue weighted by molar-refractivity contribution is -0.136. The number of rotatable bonds is 8. The molecular weight excluding hydrogens is 491 g/mol. The van der Waals surface area contributed by atoms with Gasteiger partial charge in [-0.15, -0.1) is 0 Å². The van der Waals surface area contributed by atoms with Crippen LogP contribution in [0.3, 0.4) is 0 Å². The molecule has 1 saturated heterocycles. The third kappa shape index (κ3) is 5.45. The van der Waals surface area contributed by atoms with Crippen LogP contribution in [0.4, 0.5) is 4.79 Å². The van der Waals surface area contributed by atoms with Gasteiger partial charge in [-0.2, -0.15) is 0 Å². The van der Waals surface area contributed by atoms with Crippen LogP contribution in [0.15, 0.2) is 72.8 Å². The number of carbonyl (C=O) groups is 4. The van der Waals surface area contributed by atoms with E-state index in [0.29, 0.717) is 24.7 Å². The Bertz CT molecular complexity index is 1350. The van der Waals surface area contributed by atoms with Gasteiger partial charge in [0, 0.05) is 18.5 Å². The third-order valence-electron chi connectivity index (χ3n) is 6.32. The van der Waals surface area contributed by atoms with E-state index < -0.39 is 21.5 Å². The second-order valence-electron chi connectivity index (χ2n) is 8.91. The van der Waals surface area contributed by atoms with Gasteiger partial charge in [0.15, 0.2) is 0 Å². The van der Waals surface area contributed by atoms with Crippen LogP contribution in [-0.4, -0.2) is 43.3 Å². The molecular formula is C27H25N2O5PSi. The Kier molecular flexibility index (Phi) is 7.07. The molecule has 9 heteroatoms. The van der Waals surface area contributed by atoms with E-state index in [-0.39, 0.29) is 32.0 Å². The van der Waals surface area contributed by atoms with E-state index >= 15 is 0 Å². The van der Waals surface area contributed by atoms with Gasteiger partial charge in [0.1, 0.15) is 32.2 Å². The van der Waals surface area contributed by atoms with E-state index in [1.807, 2.05) is 66.7 Å². The molecule has 2 unspecified atom stereocenters. The van der Waals surface area contributed by atoms with Crippen molar-refractivity contribution < 1.29 is 23.9 Å². The van der Waals surface area contributed by atoms with Crippen LogP contribution < -0.4 is 15.2 Å². The van der Waals surface area contributed by atoms with Gasteiger partial charge in [-0.3, -0.25) is 19.7 Å². The van der Waals surface area contributed by atoms with Crippen molar-refractivity contribution in [3.05, 3.63) is 89.5 Å². The number of amides is 3. The number of nitrogens with zero attached hydrogens (tertiary/aromatic N) is 1. The number of hydrogen-bond acceptors (Lipinski definition) is 5. The van der Waals surface area contributed by atoms with Crippen molar-refractivity contribution in [1.29, 1.82) is 0 Å². The lowest BCUT2D eigenvalue weighted by Crippen LogP contribution is -2.52. The van der Waals surface area contributed by atoms with Gasteiger partial charge in [0.05, 0.1) is 0 Å². The summed E-state index contributed by atoms with van der Waals surface area (Å²) in [6.45, 7) is 0.342. The number of ether oxygens (including phenoxy) is 1. The predicted molar refractivity (Wildman–Crippen MR) is 141 cm³/mol. The van der Waals surface area contributed by atoms with E-state index in [2.05, 4.69) is 5.32 Å². The van der Waals surface area contributed by atoms with E-state index in [4.69, 9.17) is 4.74 Å². The molecule has 0 spiro atoms. The molecule has 0 saturated carbocycles. The van der Waals surface area contributed by atoms with Crippen molar-refractivity contribution in [3.63, 3.8) is 0 Å². The summed E-state index contributed by atoms with van der Waals surface area (Å²) in [4.78, 5) is 50.8. The maximum atomic E-state index is 12.9. The number of nitrogens with one attached hydrogen (secondary N) is 1. The summed E-state index contributed by atoms with van der Waals surface area (Å²) < 4.78 is 5.89. The Hall–Kier alpha value is -3.61. The lowest BCUT2D eigenvalue weighted by atomic mass is 10.0. The number of imide groups is 1. The monoisotopic (exact) mass is 516 g/mol. The smallest absolute Gasteiger partial charge is 0.255 e. The zero-order valence-electron chi connectivity index (χ0n) is 19.5. The fourth-order valence-corrected chi connectivity index (χ4v) is 7.57. The van der Waals surface area contributed by atoms with Crippen molar-refractivity contribution in [2.75, 3.05) is 0 Å². The minimum Gasteiger partial charge on any atom is -0.457 e. The van der Waals surface area contributed by atoms with Crippen molar-refractivity contribution in [2.24, 2.45) is 0 Å². The molecule has 2 atom stereocenters. The number of para-hydroxylation sites is 1. The number of hydrogen-bond donors (Lipinski definition) is 1. The molecule has 1 N–H and O–H groups in total. The van der Waals surface area contributed by atoms with Gasteiger partial charge < -0.3 is 14.4 Å². The first-order valence-electron chi connectivity index (χ1n) is 11.8. The number of fused-ring (bicyclic) bond motifs is 1. The summed E-state index contributed by atoms with van der Waals surface area (Å²) >= 11 is 0. The first kappa shape index (κ1) is 24.1. The molecule has 3 amide bonds. The van der Waals surface area contributed by atoms with Crippen molar-refractivity contribution in [1.82, 2.24) is 10.2 Å². The third-order valence-corrected chi connectivity index (χ3v) is 9.75. The first-order chi connectivity index (χ1) is 17.5. The summed E-state index contributed by atoms with van der Waals surface area (Å²) in [7, 11) is -0.944. The quantitative estimate of drug-likeness (QED) is 0.282. The summed E-state index contributed by atoms with van der Waals surface area (Å²) in [5.74, 6) is 0.590. The van der Waals surface area contributed by atoms with Crippen molar-refractivity contribution in [3.8, 4) is 11.5 Å². The SMILES string of the molecule is O=C1CCC(N2Cc3cc(CPC(=O)[SiH2]c4cccc(Oc5ccccc5)c4)ccc3C2=O)C(=O)N1. The molecule has 0 aliphatic carbocycles. The number of benzene rings is 3. The lowest BCUT2D eigenvalue weighted by Gasteiger charge is -2.29. The van der Waals surface area contributed by atoms with Gasteiger partial charge in [0.2, 0.25) is 11.8 Å².